The fourth-order valence-corrected chi connectivity index (χ4v) is 2.69. The van der Waals surface area contributed by atoms with Crippen molar-refractivity contribution in [2.45, 2.75) is 20.0 Å². The number of carbonyl (C=O) groups is 1. The normalized spacial score (nSPS) is 10.5. The molecule has 0 radical (unpaired) electrons. The van der Waals surface area contributed by atoms with Gasteiger partial charge in [-0.05, 0) is 24.6 Å². The molecule has 128 valence electrons. The lowest BCUT2D eigenvalue weighted by molar-refractivity contribution is -0.686. The number of carboxylic acids is 1. The van der Waals surface area contributed by atoms with Gasteiger partial charge in [0.2, 0.25) is 0 Å². The summed E-state index contributed by atoms with van der Waals surface area (Å²) in [5.74, 6) is 0.0104. The average molecular weight is 350 g/mol. The Morgan fingerprint density at radius 3 is 2.42 bits per heavy atom. The highest BCUT2D eigenvalue weighted by molar-refractivity contribution is 6.32. The lowest BCUT2D eigenvalue weighted by Gasteiger charge is -2.12. The molecule has 0 saturated carbocycles. The number of nitrogens with two attached hydrogens (primary N) is 1. The summed E-state index contributed by atoms with van der Waals surface area (Å²) in [6.45, 7) is 3.88. The topological polar surface area (TPSA) is 75.2 Å². The van der Waals surface area contributed by atoms with Crippen LogP contribution in [0, 0.1) is 0 Å². The quantitative estimate of drug-likeness (QED) is 0.781. The van der Waals surface area contributed by atoms with Gasteiger partial charge >= 0.3 is 0 Å². The van der Waals surface area contributed by atoms with Gasteiger partial charge in [0.1, 0.15) is 13.1 Å². The van der Waals surface area contributed by atoms with Crippen LogP contribution in [-0.4, -0.2) is 19.7 Å². The maximum Gasteiger partial charge on any atom is 0.179 e. The standard InChI is InChI=1S/C18H20ClNO4/c1-3-24-16-9-13(8-15(19)17(16)23-2)11-20-10-12-4-6-14(7-5-12)18(21)22/h4-9,20H,3,10-11H2,1-2H3,(H,21,22). The molecule has 2 N–H and O–H groups in total. The number of aromatic carboxylic acids is 1. The lowest BCUT2D eigenvalue weighted by atomic mass is 10.1. The molecule has 0 fully saturated rings. The van der Waals surface area contributed by atoms with Gasteiger partial charge in [-0.2, -0.15) is 0 Å². The van der Waals surface area contributed by atoms with E-state index in [0.717, 1.165) is 17.7 Å². The third kappa shape index (κ3) is 4.63. The van der Waals surface area contributed by atoms with Crippen LogP contribution < -0.4 is 19.9 Å². The van der Waals surface area contributed by atoms with Crippen molar-refractivity contribution in [3.05, 3.63) is 58.1 Å². The first-order valence-corrected chi connectivity index (χ1v) is 8.04. The van der Waals surface area contributed by atoms with E-state index in [0.29, 0.717) is 29.7 Å². The van der Waals surface area contributed by atoms with Crippen LogP contribution in [0.1, 0.15) is 28.4 Å². The van der Waals surface area contributed by atoms with Crippen molar-refractivity contribution in [3.63, 3.8) is 0 Å². The molecule has 0 saturated heterocycles. The molecule has 0 amide bonds. The Morgan fingerprint density at radius 1 is 1.17 bits per heavy atom. The van der Waals surface area contributed by atoms with Crippen molar-refractivity contribution < 1.29 is 24.7 Å². The first kappa shape index (κ1) is 18.1. The summed E-state index contributed by atoms with van der Waals surface area (Å²) in [5.41, 5.74) is 2.24. The molecule has 0 aliphatic carbocycles. The summed E-state index contributed by atoms with van der Waals surface area (Å²) >= 11 is 6.23. The smallest absolute Gasteiger partial charge is 0.179 e. The molecule has 0 aromatic heterocycles. The third-order valence-corrected chi connectivity index (χ3v) is 3.80. The van der Waals surface area contributed by atoms with Crippen molar-refractivity contribution in [1.82, 2.24) is 0 Å². The van der Waals surface area contributed by atoms with Gasteiger partial charge in [0.05, 0.1) is 24.7 Å². The predicted molar refractivity (Wildman–Crippen MR) is 89.3 cm³/mol. The van der Waals surface area contributed by atoms with E-state index in [4.69, 9.17) is 21.1 Å². The number of carbonyl (C=O) groups excluding carboxylic acids is 1. The number of halogens is 1. The summed E-state index contributed by atoms with van der Waals surface area (Å²) in [4.78, 5) is 10.7. The van der Waals surface area contributed by atoms with E-state index in [1.165, 1.54) is 0 Å². The van der Waals surface area contributed by atoms with E-state index >= 15 is 0 Å². The van der Waals surface area contributed by atoms with Crippen LogP contribution in [0.25, 0.3) is 0 Å². The zero-order valence-electron chi connectivity index (χ0n) is 13.7. The summed E-state index contributed by atoms with van der Waals surface area (Å²) in [7, 11) is 1.56. The average Bonchev–Trinajstić information content (AvgIpc) is 2.55. The molecule has 0 spiro atoms. The molecule has 2 rings (SSSR count). The minimum atomic E-state index is -1.16. The number of carboxylic acid groups (broad SMARTS) is 1. The summed E-state index contributed by atoms with van der Waals surface area (Å²) in [6, 6.07) is 10.5. The molecule has 24 heavy (non-hydrogen) atoms. The second-order valence-electron chi connectivity index (χ2n) is 5.22. The number of benzene rings is 2. The fraction of sp³-hybridized carbons (Fsp3) is 0.278. The van der Waals surface area contributed by atoms with Gasteiger partial charge in [0.15, 0.2) is 11.5 Å². The maximum atomic E-state index is 10.7. The molecule has 0 bridgehead atoms. The van der Waals surface area contributed by atoms with Gasteiger partial charge in [-0.3, -0.25) is 0 Å². The Morgan fingerprint density at radius 2 is 1.83 bits per heavy atom. The Balaban J connectivity index is 2.00. The number of methoxy groups -OCH3 is 1. The van der Waals surface area contributed by atoms with Crippen LogP contribution in [0.2, 0.25) is 5.02 Å². The highest BCUT2D eigenvalue weighted by Gasteiger charge is 2.12. The molecular formula is C18H20ClNO4. The Kier molecular flexibility index (Phi) is 6.46. The minimum Gasteiger partial charge on any atom is -0.545 e. The maximum absolute atomic E-state index is 10.7. The zero-order chi connectivity index (χ0) is 17.5. The second kappa shape index (κ2) is 8.57. The lowest BCUT2D eigenvalue weighted by Crippen LogP contribution is -2.80. The van der Waals surface area contributed by atoms with E-state index in [9.17, 15) is 9.90 Å². The number of hydrogen-bond donors (Lipinski definition) is 1. The first-order chi connectivity index (χ1) is 11.5. The van der Waals surface area contributed by atoms with Gasteiger partial charge in [0, 0.05) is 11.1 Å². The Labute approximate surface area is 146 Å². The number of quaternary nitrogens is 1. The van der Waals surface area contributed by atoms with Gasteiger partial charge in [-0.25, -0.2) is 0 Å². The molecule has 5 nitrogen and oxygen atoms in total. The number of rotatable bonds is 8. The van der Waals surface area contributed by atoms with Crippen LogP contribution in [0.3, 0.4) is 0 Å². The predicted octanol–water partition coefficient (Wildman–Crippen LogP) is 1.37. The molecule has 0 aliphatic rings. The molecule has 6 heteroatoms. The Bertz CT molecular complexity index is 701. The monoisotopic (exact) mass is 349 g/mol. The molecule has 2 aromatic rings. The minimum absolute atomic E-state index is 0.182. The molecule has 2 aromatic carbocycles. The van der Waals surface area contributed by atoms with Gasteiger partial charge in [0.25, 0.3) is 0 Å². The van der Waals surface area contributed by atoms with E-state index in [2.05, 4.69) is 5.32 Å². The van der Waals surface area contributed by atoms with Gasteiger partial charge in [-0.15, -0.1) is 0 Å². The third-order valence-electron chi connectivity index (χ3n) is 3.52. The molecule has 0 aliphatic heterocycles. The van der Waals surface area contributed by atoms with Crippen LogP contribution in [0.4, 0.5) is 0 Å². The highest BCUT2D eigenvalue weighted by atomic mass is 35.5. The fourth-order valence-electron chi connectivity index (χ4n) is 2.38. The van der Waals surface area contributed by atoms with Crippen molar-refractivity contribution in [2.75, 3.05) is 13.7 Å². The van der Waals surface area contributed by atoms with Gasteiger partial charge in [-0.1, -0.05) is 35.9 Å². The molecule has 0 heterocycles. The molecular weight excluding hydrogens is 330 g/mol. The molecule has 0 atom stereocenters. The van der Waals surface area contributed by atoms with E-state index in [-0.39, 0.29) is 5.56 Å². The second-order valence-corrected chi connectivity index (χ2v) is 5.63. The summed E-state index contributed by atoms with van der Waals surface area (Å²) < 4.78 is 10.8. The van der Waals surface area contributed by atoms with Crippen molar-refractivity contribution >= 4 is 17.6 Å². The largest absolute Gasteiger partial charge is 0.545 e. The molecule has 0 unspecified atom stereocenters. The SMILES string of the molecule is CCOc1cc(C[NH2+]Cc2ccc(C(=O)[O-])cc2)cc(Cl)c1OC. The van der Waals surface area contributed by atoms with Crippen molar-refractivity contribution in [1.29, 1.82) is 0 Å². The van der Waals surface area contributed by atoms with Crippen LogP contribution >= 0.6 is 11.6 Å². The first-order valence-electron chi connectivity index (χ1n) is 7.66. The van der Waals surface area contributed by atoms with Crippen molar-refractivity contribution in [2.24, 2.45) is 0 Å². The summed E-state index contributed by atoms with van der Waals surface area (Å²) in [6.07, 6.45) is 0. The van der Waals surface area contributed by atoms with E-state index in [1.54, 1.807) is 31.4 Å². The zero-order valence-corrected chi connectivity index (χ0v) is 14.4. The van der Waals surface area contributed by atoms with Crippen molar-refractivity contribution in [3.8, 4) is 11.5 Å². The highest BCUT2D eigenvalue weighted by Crippen LogP contribution is 2.36. The van der Waals surface area contributed by atoms with Crippen LogP contribution in [-0.2, 0) is 13.1 Å². The number of ether oxygens (including phenoxy) is 2. The number of hydrogen-bond acceptors (Lipinski definition) is 4. The van der Waals surface area contributed by atoms with Crippen LogP contribution in [0.15, 0.2) is 36.4 Å². The van der Waals surface area contributed by atoms with E-state index < -0.39 is 5.97 Å². The van der Waals surface area contributed by atoms with Gasteiger partial charge < -0.3 is 24.7 Å². The van der Waals surface area contributed by atoms with E-state index in [1.807, 2.05) is 19.1 Å². The Hall–Kier alpha value is -2.24. The summed E-state index contributed by atoms with van der Waals surface area (Å²) in [5, 5.41) is 13.3. The van der Waals surface area contributed by atoms with Crippen LogP contribution in [0.5, 0.6) is 11.5 Å².